The van der Waals surface area contributed by atoms with Crippen molar-refractivity contribution >= 4 is 23.9 Å². The number of hydrogen-bond donors (Lipinski definition) is 4. The summed E-state index contributed by atoms with van der Waals surface area (Å²) in [6, 6.07) is -2.77. The molecule has 0 aliphatic rings. The molecule has 19 heavy (non-hydrogen) atoms. The minimum atomic E-state index is -1.41. The lowest BCUT2D eigenvalue weighted by Crippen LogP contribution is -2.49. The normalized spacial score (nSPS) is 12.9. The Labute approximate surface area is 109 Å². The average molecular weight is 275 g/mol. The van der Waals surface area contributed by atoms with Crippen molar-refractivity contribution in [3.8, 4) is 0 Å². The molecule has 9 heteroatoms. The van der Waals surface area contributed by atoms with Crippen molar-refractivity contribution in [2.75, 3.05) is 7.11 Å². The molecular weight excluding hydrogens is 258 g/mol. The number of carbonyl (C=O) groups excluding carboxylic acids is 3. The van der Waals surface area contributed by atoms with Crippen LogP contribution in [-0.2, 0) is 19.1 Å². The monoisotopic (exact) mass is 275 g/mol. The van der Waals surface area contributed by atoms with Gasteiger partial charge in [0.15, 0.2) is 0 Å². The van der Waals surface area contributed by atoms with E-state index in [1.165, 1.54) is 6.92 Å². The quantitative estimate of drug-likeness (QED) is 0.418. The van der Waals surface area contributed by atoms with Gasteiger partial charge in [-0.2, -0.15) is 0 Å². The fraction of sp³-hybridized carbons (Fsp3) is 0.600. The number of carboxylic acid groups (broad SMARTS) is 1. The molecule has 0 rings (SSSR count). The third-order valence-electron chi connectivity index (χ3n) is 2.09. The van der Waals surface area contributed by atoms with Gasteiger partial charge in [0.2, 0.25) is 5.91 Å². The van der Waals surface area contributed by atoms with Crippen LogP contribution in [0.5, 0.6) is 0 Å². The number of urea groups is 1. The molecule has 0 aliphatic carbocycles. The van der Waals surface area contributed by atoms with Crippen molar-refractivity contribution < 1.29 is 29.0 Å². The highest BCUT2D eigenvalue weighted by Gasteiger charge is 2.24. The maximum atomic E-state index is 11.4. The van der Waals surface area contributed by atoms with Crippen LogP contribution in [0.4, 0.5) is 4.79 Å². The first-order chi connectivity index (χ1) is 8.76. The Morgan fingerprint density at radius 2 is 1.79 bits per heavy atom. The minimum absolute atomic E-state index is 0.0812. The van der Waals surface area contributed by atoms with Gasteiger partial charge in [-0.1, -0.05) is 0 Å². The van der Waals surface area contributed by atoms with Crippen molar-refractivity contribution in [2.24, 2.45) is 5.73 Å². The molecule has 0 radical (unpaired) electrons. The number of hydrogen-bond acceptors (Lipinski definition) is 5. The Hall–Kier alpha value is -2.32. The Balaban J connectivity index is 4.35. The number of rotatable bonds is 7. The molecule has 0 aromatic rings. The number of primary amides is 1. The average Bonchev–Trinajstić information content (AvgIpc) is 2.26. The molecule has 0 fully saturated rings. The second-order valence-corrected chi connectivity index (χ2v) is 3.86. The van der Waals surface area contributed by atoms with Crippen molar-refractivity contribution in [2.45, 2.75) is 31.8 Å². The highest BCUT2D eigenvalue weighted by atomic mass is 16.5. The molecule has 0 aromatic carbocycles. The topological polar surface area (TPSA) is 148 Å². The van der Waals surface area contributed by atoms with Gasteiger partial charge in [0, 0.05) is 12.5 Å². The fourth-order valence-electron chi connectivity index (χ4n) is 1.23. The number of carboxylic acids is 1. The van der Waals surface area contributed by atoms with E-state index in [0.717, 1.165) is 7.11 Å². The van der Waals surface area contributed by atoms with E-state index >= 15 is 0 Å². The van der Waals surface area contributed by atoms with Crippen LogP contribution in [0.1, 0.15) is 19.8 Å². The predicted octanol–water partition coefficient (Wildman–Crippen LogP) is -1.43. The van der Waals surface area contributed by atoms with Gasteiger partial charge in [0.25, 0.3) is 0 Å². The molecule has 0 aliphatic heterocycles. The molecule has 9 nitrogen and oxygen atoms in total. The molecule has 0 saturated carbocycles. The van der Waals surface area contributed by atoms with Crippen molar-refractivity contribution in [1.82, 2.24) is 10.6 Å². The molecule has 5 N–H and O–H groups in total. The molecule has 0 saturated heterocycles. The summed E-state index contributed by atoms with van der Waals surface area (Å²) in [7, 11) is 1.11. The SMILES string of the molecule is COC(=O)C[C@H](NC(=O)NC(C)CC(N)=O)C(=O)O. The van der Waals surface area contributed by atoms with Gasteiger partial charge in [-0.25, -0.2) is 9.59 Å². The van der Waals surface area contributed by atoms with Crippen molar-refractivity contribution in [3.63, 3.8) is 0 Å². The van der Waals surface area contributed by atoms with Gasteiger partial charge < -0.3 is 26.2 Å². The minimum Gasteiger partial charge on any atom is -0.480 e. The molecular formula is C10H17N3O6. The summed E-state index contributed by atoms with van der Waals surface area (Å²) < 4.78 is 4.31. The first-order valence-electron chi connectivity index (χ1n) is 5.41. The van der Waals surface area contributed by atoms with E-state index < -0.39 is 42.4 Å². The molecule has 1 unspecified atom stereocenters. The zero-order valence-electron chi connectivity index (χ0n) is 10.6. The first kappa shape index (κ1) is 16.7. The lowest BCUT2D eigenvalue weighted by molar-refractivity contribution is -0.147. The van der Waals surface area contributed by atoms with Crippen LogP contribution in [0, 0.1) is 0 Å². The molecule has 0 bridgehead atoms. The zero-order valence-corrected chi connectivity index (χ0v) is 10.6. The summed E-state index contributed by atoms with van der Waals surface area (Å²) in [6.45, 7) is 1.53. The lowest BCUT2D eigenvalue weighted by atomic mass is 10.2. The van der Waals surface area contributed by atoms with E-state index in [4.69, 9.17) is 10.8 Å². The Morgan fingerprint density at radius 1 is 1.21 bits per heavy atom. The molecule has 3 amide bonds. The first-order valence-corrected chi connectivity index (χ1v) is 5.41. The Kier molecular flexibility index (Phi) is 6.94. The summed E-state index contributed by atoms with van der Waals surface area (Å²) in [6.07, 6.45) is -0.578. The van der Waals surface area contributed by atoms with Crippen molar-refractivity contribution in [3.05, 3.63) is 0 Å². The Bertz CT molecular complexity index is 370. The lowest BCUT2D eigenvalue weighted by Gasteiger charge is -2.16. The van der Waals surface area contributed by atoms with Gasteiger partial charge in [0.05, 0.1) is 13.5 Å². The Morgan fingerprint density at radius 3 is 2.21 bits per heavy atom. The van der Waals surface area contributed by atoms with Gasteiger partial charge >= 0.3 is 18.0 Å². The van der Waals surface area contributed by atoms with Crippen molar-refractivity contribution in [1.29, 1.82) is 0 Å². The van der Waals surface area contributed by atoms with Gasteiger partial charge in [-0.3, -0.25) is 9.59 Å². The standard InChI is InChI=1S/C10H17N3O6/c1-5(3-7(11)14)12-10(18)13-6(9(16)17)4-8(15)19-2/h5-6H,3-4H2,1-2H3,(H2,11,14)(H,16,17)(H2,12,13,18)/t5?,6-/m0/s1. The van der Waals surface area contributed by atoms with Crippen LogP contribution in [-0.4, -0.2) is 48.2 Å². The number of carbonyl (C=O) groups is 4. The molecule has 108 valence electrons. The van der Waals surface area contributed by atoms with E-state index in [0.29, 0.717) is 0 Å². The summed E-state index contributed by atoms with van der Waals surface area (Å²) in [5.74, 6) is -2.74. The highest BCUT2D eigenvalue weighted by molar-refractivity contribution is 5.86. The summed E-state index contributed by atoms with van der Waals surface area (Å²) in [4.78, 5) is 43.8. The van der Waals surface area contributed by atoms with Crippen LogP contribution in [0.15, 0.2) is 0 Å². The van der Waals surface area contributed by atoms with Crippen LogP contribution in [0.3, 0.4) is 0 Å². The molecule has 2 atom stereocenters. The second kappa shape index (κ2) is 7.90. The number of methoxy groups -OCH3 is 1. The summed E-state index contributed by atoms with van der Waals surface area (Å²) in [5, 5.41) is 13.2. The van der Waals surface area contributed by atoms with E-state index in [2.05, 4.69) is 15.4 Å². The summed E-state index contributed by atoms with van der Waals surface area (Å²) in [5.41, 5.74) is 4.94. The number of ether oxygens (including phenoxy) is 1. The highest BCUT2D eigenvalue weighted by Crippen LogP contribution is 1.96. The van der Waals surface area contributed by atoms with Gasteiger partial charge in [0.1, 0.15) is 6.04 Å². The second-order valence-electron chi connectivity index (χ2n) is 3.86. The molecule has 0 aromatic heterocycles. The number of amides is 3. The van der Waals surface area contributed by atoms with E-state index in [1.54, 1.807) is 0 Å². The van der Waals surface area contributed by atoms with Crippen LogP contribution >= 0.6 is 0 Å². The number of aliphatic carboxylic acids is 1. The smallest absolute Gasteiger partial charge is 0.326 e. The molecule has 0 spiro atoms. The fourth-order valence-corrected chi connectivity index (χ4v) is 1.23. The van der Waals surface area contributed by atoms with Crippen LogP contribution in [0.2, 0.25) is 0 Å². The predicted molar refractivity (Wildman–Crippen MR) is 63.0 cm³/mol. The largest absolute Gasteiger partial charge is 0.480 e. The van der Waals surface area contributed by atoms with E-state index in [1.807, 2.05) is 0 Å². The third kappa shape index (κ3) is 7.58. The zero-order chi connectivity index (χ0) is 15.0. The van der Waals surface area contributed by atoms with Crippen LogP contribution < -0.4 is 16.4 Å². The summed E-state index contributed by atoms with van der Waals surface area (Å²) >= 11 is 0. The maximum absolute atomic E-state index is 11.4. The van der Waals surface area contributed by atoms with Gasteiger partial charge in [-0.15, -0.1) is 0 Å². The third-order valence-corrected chi connectivity index (χ3v) is 2.09. The number of nitrogens with two attached hydrogens (primary N) is 1. The van der Waals surface area contributed by atoms with E-state index in [9.17, 15) is 19.2 Å². The molecule has 0 heterocycles. The number of esters is 1. The van der Waals surface area contributed by atoms with Crippen LogP contribution in [0.25, 0.3) is 0 Å². The maximum Gasteiger partial charge on any atom is 0.326 e. The van der Waals surface area contributed by atoms with Gasteiger partial charge in [-0.05, 0) is 6.92 Å². The number of nitrogens with one attached hydrogen (secondary N) is 2. The van der Waals surface area contributed by atoms with E-state index in [-0.39, 0.29) is 6.42 Å².